The number of fused-ring (bicyclic) bond motifs is 1. The summed E-state index contributed by atoms with van der Waals surface area (Å²) in [5.41, 5.74) is 6.76. The van der Waals surface area contributed by atoms with Crippen LogP contribution in [-0.2, 0) is 15.3 Å². The number of rotatable bonds is 6. The van der Waals surface area contributed by atoms with Gasteiger partial charge < -0.3 is 10.5 Å². The molecule has 1 heterocycles. The summed E-state index contributed by atoms with van der Waals surface area (Å²) in [7, 11) is 0. The summed E-state index contributed by atoms with van der Waals surface area (Å²) in [6.07, 6.45) is 0. The summed E-state index contributed by atoms with van der Waals surface area (Å²) in [6, 6.07) is 7.50. The van der Waals surface area contributed by atoms with Crippen LogP contribution in [0.25, 0.3) is 10.2 Å². The van der Waals surface area contributed by atoms with E-state index in [4.69, 9.17) is 10.5 Å². The molecule has 0 radical (unpaired) electrons. The molecule has 19 heavy (non-hydrogen) atoms. The van der Waals surface area contributed by atoms with Crippen LogP contribution in [0.2, 0.25) is 0 Å². The maximum atomic E-state index is 11.4. The minimum absolute atomic E-state index is 0.334. The average molecular weight is 296 g/mol. The van der Waals surface area contributed by atoms with E-state index in [2.05, 4.69) is 11.1 Å². The number of carbonyl (C=O) groups excluding carboxylic acids is 1. The first-order valence-corrected chi connectivity index (χ1v) is 8.02. The van der Waals surface area contributed by atoms with Gasteiger partial charge in [0.05, 0.1) is 16.8 Å². The number of aromatic nitrogens is 1. The lowest BCUT2D eigenvalue weighted by Gasteiger charge is -2.09. The molecule has 0 fully saturated rings. The predicted molar refractivity (Wildman–Crippen MR) is 80.4 cm³/mol. The highest BCUT2D eigenvalue weighted by molar-refractivity contribution is 7.98. The zero-order valence-electron chi connectivity index (χ0n) is 10.7. The summed E-state index contributed by atoms with van der Waals surface area (Å²) in [5.74, 6) is 0.987. The van der Waals surface area contributed by atoms with Crippen LogP contribution in [0.5, 0.6) is 0 Å². The van der Waals surface area contributed by atoms with Crippen LogP contribution in [0.1, 0.15) is 11.9 Å². The predicted octanol–water partition coefficient (Wildman–Crippen LogP) is 2.42. The summed E-state index contributed by atoms with van der Waals surface area (Å²) in [5, 5.41) is 1.06. The molecule has 1 atom stereocenters. The van der Waals surface area contributed by atoms with Crippen molar-refractivity contribution >= 4 is 39.3 Å². The average Bonchev–Trinajstić information content (AvgIpc) is 2.81. The summed E-state index contributed by atoms with van der Waals surface area (Å²) >= 11 is 3.28. The lowest BCUT2D eigenvalue weighted by Crippen LogP contribution is -2.34. The Morgan fingerprint density at radius 1 is 1.53 bits per heavy atom. The summed E-state index contributed by atoms with van der Waals surface area (Å²) in [4.78, 5) is 15.9. The molecule has 102 valence electrons. The van der Waals surface area contributed by atoms with Crippen molar-refractivity contribution in [3.63, 3.8) is 0 Å². The largest absolute Gasteiger partial charge is 0.465 e. The summed E-state index contributed by atoms with van der Waals surface area (Å²) < 4.78 is 6.05. The van der Waals surface area contributed by atoms with Crippen molar-refractivity contribution in [1.82, 2.24) is 4.98 Å². The van der Waals surface area contributed by atoms with Crippen LogP contribution in [0.4, 0.5) is 0 Å². The van der Waals surface area contributed by atoms with E-state index in [0.717, 1.165) is 16.3 Å². The number of para-hydroxylation sites is 1. The number of hydrogen-bond donors (Lipinski definition) is 1. The highest BCUT2D eigenvalue weighted by Gasteiger charge is 2.14. The van der Waals surface area contributed by atoms with Crippen LogP contribution in [0.3, 0.4) is 0 Å². The van der Waals surface area contributed by atoms with Crippen molar-refractivity contribution in [2.24, 2.45) is 5.73 Å². The van der Waals surface area contributed by atoms with Crippen LogP contribution < -0.4 is 5.73 Å². The molecular formula is C13H16N2O2S2. The summed E-state index contributed by atoms with van der Waals surface area (Å²) in [6.45, 7) is 2.15. The van der Waals surface area contributed by atoms with E-state index in [1.54, 1.807) is 30.0 Å². The van der Waals surface area contributed by atoms with Crippen LogP contribution in [-0.4, -0.2) is 29.4 Å². The molecule has 1 aromatic heterocycles. The Labute approximate surface area is 120 Å². The smallest absolute Gasteiger partial charge is 0.323 e. The number of benzene rings is 1. The van der Waals surface area contributed by atoms with E-state index in [9.17, 15) is 4.79 Å². The van der Waals surface area contributed by atoms with Gasteiger partial charge in [-0.3, -0.25) is 4.79 Å². The number of thiazole rings is 1. The fraction of sp³-hybridized carbons (Fsp3) is 0.385. The van der Waals surface area contributed by atoms with Crippen molar-refractivity contribution < 1.29 is 9.53 Å². The topological polar surface area (TPSA) is 65.2 Å². The van der Waals surface area contributed by atoms with Crippen LogP contribution in [0.15, 0.2) is 24.3 Å². The van der Waals surface area contributed by atoms with E-state index in [1.807, 2.05) is 18.2 Å². The third-order valence-corrected chi connectivity index (χ3v) is 4.74. The Balaban J connectivity index is 1.84. The molecule has 1 unspecified atom stereocenters. The minimum Gasteiger partial charge on any atom is -0.465 e. The maximum absolute atomic E-state index is 11.4. The highest BCUT2D eigenvalue weighted by atomic mass is 32.2. The second-order valence-corrected chi connectivity index (χ2v) is 6.09. The normalized spacial score (nSPS) is 12.5. The number of thioether (sulfide) groups is 1. The van der Waals surface area contributed by atoms with Gasteiger partial charge in [-0.1, -0.05) is 12.1 Å². The number of nitrogens with zero attached hydrogens (tertiary/aromatic N) is 1. The van der Waals surface area contributed by atoms with Crippen molar-refractivity contribution in [1.29, 1.82) is 0 Å². The monoisotopic (exact) mass is 296 g/mol. The van der Waals surface area contributed by atoms with E-state index >= 15 is 0 Å². The molecule has 2 rings (SSSR count). The Kier molecular flexibility index (Phi) is 5.18. The molecule has 0 aliphatic rings. The number of carbonyl (C=O) groups is 1. The van der Waals surface area contributed by atoms with Gasteiger partial charge in [-0.2, -0.15) is 11.8 Å². The third-order valence-electron chi connectivity index (χ3n) is 2.45. The van der Waals surface area contributed by atoms with E-state index < -0.39 is 6.04 Å². The molecule has 4 nitrogen and oxygen atoms in total. The van der Waals surface area contributed by atoms with Gasteiger partial charge in [0.1, 0.15) is 11.0 Å². The first-order chi connectivity index (χ1) is 9.20. The molecule has 2 N–H and O–H groups in total. The minimum atomic E-state index is -0.556. The lowest BCUT2D eigenvalue weighted by atomic mass is 10.3. The first kappa shape index (κ1) is 14.3. The Morgan fingerprint density at radius 2 is 2.32 bits per heavy atom. The fourth-order valence-corrected chi connectivity index (χ4v) is 3.57. The number of nitrogens with two attached hydrogens (primary N) is 1. The second kappa shape index (κ2) is 6.88. The van der Waals surface area contributed by atoms with Crippen molar-refractivity contribution in [2.75, 3.05) is 12.4 Å². The van der Waals surface area contributed by atoms with Crippen molar-refractivity contribution in [3.8, 4) is 0 Å². The molecule has 1 aromatic carbocycles. The Morgan fingerprint density at radius 3 is 3.05 bits per heavy atom. The highest BCUT2D eigenvalue weighted by Crippen LogP contribution is 2.24. The molecule has 0 aliphatic heterocycles. The first-order valence-electron chi connectivity index (χ1n) is 6.05. The van der Waals surface area contributed by atoms with Gasteiger partial charge in [-0.05, 0) is 19.1 Å². The zero-order chi connectivity index (χ0) is 13.7. The second-order valence-electron chi connectivity index (χ2n) is 3.95. The lowest BCUT2D eigenvalue weighted by molar-refractivity contribution is -0.144. The van der Waals surface area contributed by atoms with Crippen molar-refractivity contribution in [3.05, 3.63) is 29.3 Å². The van der Waals surface area contributed by atoms with Gasteiger partial charge in [0.2, 0.25) is 0 Å². The van der Waals surface area contributed by atoms with E-state index in [1.165, 1.54) is 4.70 Å². The van der Waals surface area contributed by atoms with E-state index in [0.29, 0.717) is 12.4 Å². The van der Waals surface area contributed by atoms with Gasteiger partial charge in [-0.15, -0.1) is 11.3 Å². The number of hydrogen-bond acceptors (Lipinski definition) is 6. The SMILES string of the molecule is CCOC(=O)C(N)CSCc1nc2ccccc2s1. The van der Waals surface area contributed by atoms with Gasteiger partial charge in [0, 0.05) is 11.5 Å². The molecule has 6 heteroatoms. The molecular weight excluding hydrogens is 280 g/mol. The molecule has 0 bridgehead atoms. The zero-order valence-corrected chi connectivity index (χ0v) is 12.3. The van der Waals surface area contributed by atoms with Gasteiger partial charge in [-0.25, -0.2) is 4.98 Å². The Hall–Kier alpha value is -1.11. The van der Waals surface area contributed by atoms with Gasteiger partial charge in [0.15, 0.2) is 0 Å². The van der Waals surface area contributed by atoms with E-state index in [-0.39, 0.29) is 5.97 Å². The third kappa shape index (κ3) is 3.92. The quantitative estimate of drug-likeness (QED) is 0.829. The maximum Gasteiger partial charge on any atom is 0.323 e. The molecule has 0 aliphatic carbocycles. The van der Waals surface area contributed by atoms with Gasteiger partial charge in [0.25, 0.3) is 0 Å². The van der Waals surface area contributed by atoms with Crippen LogP contribution >= 0.6 is 23.1 Å². The Bertz CT molecular complexity index is 523. The molecule has 0 amide bonds. The molecule has 0 spiro atoms. The van der Waals surface area contributed by atoms with Crippen molar-refractivity contribution in [2.45, 2.75) is 18.7 Å². The molecule has 0 saturated heterocycles. The van der Waals surface area contributed by atoms with Crippen LogP contribution in [0, 0.1) is 0 Å². The number of esters is 1. The molecule has 2 aromatic rings. The fourth-order valence-electron chi connectivity index (χ4n) is 1.57. The van der Waals surface area contributed by atoms with Gasteiger partial charge >= 0.3 is 5.97 Å². The number of ether oxygens (including phenoxy) is 1. The standard InChI is InChI=1S/C13H16N2O2S2/c1-2-17-13(16)9(14)7-18-8-12-15-10-5-3-4-6-11(10)19-12/h3-6,9H,2,7-8,14H2,1H3. The molecule has 0 saturated carbocycles.